The maximum atomic E-state index is 5.71. The third-order valence-corrected chi connectivity index (χ3v) is 2.66. The summed E-state index contributed by atoms with van der Waals surface area (Å²) in [6.45, 7) is 8.51. The van der Waals surface area contributed by atoms with Gasteiger partial charge in [-0.2, -0.15) is 0 Å². The van der Waals surface area contributed by atoms with Gasteiger partial charge < -0.3 is 9.64 Å². The van der Waals surface area contributed by atoms with E-state index in [1.807, 2.05) is 0 Å². The molecule has 0 N–H and O–H groups in total. The Morgan fingerprint density at radius 1 is 1.38 bits per heavy atom. The van der Waals surface area contributed by atoms with Gasteiger partial charge in [-0.1, -0.05) is 0 Å². The Kier molecular flexibility index (Phi) is 3.74. The fourth-order valence-electron chi connectivity index (χ4n) is 1.85. The van der Waals surface area contributed by atoms with Crippen LogP contribution in [0.2, 0.25) is 0 Å². The predicted octanol–water partition coefficient (Wildman–Crippen LogP) is 2.29. The fourth-order valence-corrected chi connectivity index (χ4v) is 1.85. The summed E-state index contributed by atoms with van der Waals surface area (Å²) >= 11 is 0. The standard InChI is InChI=1S/C11H23NO/c1-11(2,3)13-9-7-10-6-5-8-12(10)4/h10H,5-9H2,1-4H3/t10-/m1/s1. The van der Waals surface area contributed by atoms with Crippen LogP contribution >= 0.6 is 0 Å². The molecule has 0 saturated carbocycles. The van der Waals surface area contributed by atoms with Gasteiger partial charge >= 0.3 is 0 Å². The van der Waals surface area contributed by atoms with Crippen LogP contribution in [-0.2, 0) is 4.74 Å². The van der Waals surface area contributed by atoms with Crippen LogP contribution in [-0.4, -0.2) is 36.7 Å². The maximum Gasteiger partial charge on any atom is 0.0598 e. The van der Waals surface area contributed by atoms with Crippen molar-refractivity contribution in [2.45, 2.75) is 51.7 Å². The van der Waals surface area contributed by atoms with Gasteiger partial charge in [0.1, 0.15) is 0 Å². The second kappa shape index (κ2) is 4.43. The highest BCUT2D eigenvalue weighted by Gasteiger charge is 2.21. The molecule has 0 aromatic carbocycles. The molecule has 0 spiro atoms. The average molecular weight is 185 g/mol. The summed E-state index contributed by atoms with van der Waals surface area (Å²) in [5.41, 5.74) is 0.0250. The number of rotatable bonds is 3. The molecular formula is C11H23NO. The lowest BCUT2D eigenvalue weighted by atomic mass is 10.1. The first kappa shape index (κ1) is 11.0. The largest absolute Gasteiger partial charge is 0.376 e. The Balaban J connectivity index is 2.12. The van der Waals surface area contributed by atoms with Gasteiger partial charge in [-0.05, 0) is 53.6 Å². The van der Waals surface area contributed by atoms with E-state index in [2.05, 4.69) is 32.7 Å². The predicted molar refractivity (Wildman–Crippen MR) is 56.0 cm³/mol. The van der Waals surface area contributed by atoms with Crippen molar-refractivity contribution in [3.05, 3.63) is 0 Å². The van der Waals surface area contributed by atoms with Gasteiger partial charge in [-0.3, -0.25) is 0 Å². The van der Waals surface area contributed by atoms with E-state index >= 15 is 0 Å². The van der Waals surface area contributed by atoms with Crippen LogP contribution in [0.25, 0.3) is 0 Å². The van der Waals surface area contributed by atoms with Crippen LogP contribution in [0.3, 0.4) is 0 Å². The van der Waals surface area contributed by atoms with Crippen molar-refractivity contribution in [1.29, 1.82) is 0 Å². The van der Waals surface area contributed by atoms with E-state index in [0.717, 1.165) is 12.6 Å². The summed E-state index contributed by atoms with van der Waals surface area (Å²) in [7, 11) is 2.22. The van der Waals surface area contributed by atoms with Gasteiger partial charge in [-0.15, -0.1) is 0 Å². The normalized spacial score (nSPS) is 25.4. The molecule has 0 amide bonds. The summed E-state index contributed by atoms with van der Waals surface area (Å²) in [6, 6.07) is 0.766. The lowest BCUT2D eigenvalue weighted by molar-refractivity contribution is -0.0102. The smallest absolute Gasteiger partial charge is 0.0598 e. The molecule has 1 aliphatic rings. The highest BCUT2D eigenvalue weighted by atomic mass is 16.5. The highest BCUT2D eigenvalue weighted by Crippen LogP contribution is 2.18. The molecule has 1 heterocycles. The summed E-state index contributed by atoms with van der Waals surface area (Å²) in [5.74, 6) is 0. The zero-order valence-electron chi connectivity index (χ0n) is 9.47. The lowest BCUT2D eigenvalue weighted by Gasteiger charge is -2.23. The molecule has 78 valence electrons. The van der Waals surface area contributed by atoms with Gasteiger partial charge in [0.05, 0.1) is 5.60 Å². The molecule has 0 radical (unpaired) electrons. The fraction of sp³-hybridized carbons (Fsp3) is 1.00. The Morgan fingerprint density at radius 3 is 2.54 bits per heavy atom. The SMILES string of the molecule is CN1CCC[C@@H]1CCOC(C)(C)C. The molecule has 2 heteroatoms. The van der Waals surface area contributed by atoms with Crippen molar-refractivity contribution in [3.8, 4) is 0 Å². The van der Waals surface area contributed by atoms with Crippen LogP contribution in [0.15, 0.2) is 0 Å². The van der Waals surface area contributed by atoms with E-state index in [1.54, 1.807) is 0 Å². The van der Waals surface area contributed by atoms with Crippen LogP contribution in [0.5, 0.6) is 0 Å². The molecule has 0 unspecified atom stereocenters. The molecule has 1 fully saturated rings. The second-order valence-electron chi connectivity index (χ2n) is 5.03. The first-order valence-electron chi connectivity index (χ1n) is 5.33. The quantitative estimate of drug-likeness (QED) is 0.669. The number of hydrogen-bond donors (Lipinski definition) is 0. The van der Waals surface area contributed by atoms with Crippen LogP contribution in [0.1, 0.15) is 40.0 Å². The average Bonchev–Trinajstić information content (AvgIpc) is 2.34. The first-order chi connectivity index (χ1) is 5.99. The second-order valence-corrected chi connectivity index (χ2v) is 5.03. The van der Waals surface area contributed by atoms with Crippen LogP contribution < -0.4 is 0 Å². The monoisotopic (exact) mass is 185 g/mol. The lowest BCUT2D eigenvalue weighted by Crippen LogP contribution is -2.28. The third-order valence-electron chi connectivity index (χ3n) is 2.66. The Morgan fingerprint density at radius 2 is 2.08 bits per heavy atom. The maximum absolute atomic E-state index is 5.71. The molecule has 1 saturated heterocycles. The van der Waals surface area contributed by atoms with Gasteiger partial charge in [0, 0.05) is 12.6 Å². The van der Waals surface area contributed by atoms with Gasteiger partial charge in [-0.25, -0.2) is 0 Å². The topological polar surface area (TPSA) is 12.5 Å². The van der Waals surface area contributed by atoms with E-state index in [0.29, 0.717) is 0 Å². The molecule has 0 aromatic rings. The highest BCUT2D eigenvalue weighted by molar-refractivity contribution is 4.76. The zero-order valence-corrected chi connectivity index (χ0v) is 9.47. The molecule has 1 atom stereocenters. The van der Waals surface area contributed by atoms with Crippen LogP contribution in [0.4, 0.5) is 0 Å². The molecule has 1 aliphatic heterocycles. The van der Waals surface area contributed by atoms with E-state index in [1.165, 1.54) is 25.8 Å². The van der Waals surface area contributed by atoms with Crippen molar-refractivity contribution < 1.29 is 4.74 Å². The molecule has 2 nitrogen and oxygen atoms in total. The minimum Gasteiger partial charge on any atom is -0.376 e. The summed E-state index contributed by atoms with van der Waals surface area (Å²) in [5, 5.41) is 0. The first-order valence-corrected chi connectivity index (χ1v) is 5.33. The zero-order chi connectivity index (χ0) is 9.90. The summed E-state index contributed by atoms with van der Waals surface area (Å²) < 4.78 is 5.71. The van der Waals surface area contributed by atoms with Crippen molar-refractivity contribution >= 4 is 0 Å². The summed E-state index contributed by atoms with van der Waals surface area (Å²) in [4.78, 5) is 2.45. The van der Waals surface area contributed by atoms with Gasteiger partial charge in [0.25, 0.3) is 0 Å². The molecule has 0 aromatic heterocycles. The van der Waals surface area contributed by atoms with Crippen molar-refractivity contribution in [2.75, 3.05) is 20.2 Å². The molecule has 0 bridgehead atoms. The number of nitrogens with zero attached hydrogens (tertiary/aromatic N) is 1. The molecule has 1 rings (SSSR count). The van der Waals surface area contributed by atoms with E-state index in [4.69, 9.17) is 4.74 Å². The van der Waals surface area contributed by atoms with E-state index in [9.17, 15) is 0 Å². The van der Waals surface area contributed by atoms with Crippen molar-refractivity contribution in [3.63, 3.8) is 0 Å². The minimum absolute atomic E-state index is 0.0250. The summed E-state index contributed by atoms with van der Waals surface area (Å²) in [6.07, 6.45) is 3.90. The number of ether oxygens (including phenoxy) is 1. The van der Waals surface area contributed by atoms with Crippen LogP contribution in [0, 0.1) is 0 Å². The number of hydrogen-bond acceptors (Lipinski definition) is 2. The van der Waals surface area contributed by atoms with Crippen molar-refractivity contribution in [1.82, 2.24) is 4.90 Å². The Labute approximate surface area is 82.3 Å². The van der Waals surface area contributed by atoms with Gasteiger partial charge in [0.15, 0.2) is 0 Å². The van der Waals surface area contributed by atoms with Crippen molar-refractivity contribution in [2.24, 2.45) is 0 Å². The Hall–Kier alpha value is -0.0800. The third kappa shape index (κ3) is 4.10. The Bertz CT molecular complexity index is 151. The number of likely N-dealkylation sites (tertiary alicyclic amines) is 1. The van der Waals surface area contributed by atoms with E-state index < -0.39 is 0 Å². The van der Waals surface area contributed by atoms with Gasteiger partial charge in [0.2, 0.25) is 0 Å². The minimum atomic E-state index is 0.0250. The van der Waals surface area contributed by atoms with E-state index in [-0.39, 0.29) is 5.60 Å². The molecular weight excluding hydrogens is 162 g/mol. The molecule has 0 aliphatic carbocycles. The molecule has 13 heavy (non-hydrogen) atoms.